The van der Waals surface area contributed by atoms with Crippen LogP contribution >= 0.6 is 0 Å². The van der Waals surface area contributed by atoms with Gasteiger partial charge in [0.25, 0.3) is 0 Å². The fourth-order valence-electron chi connectivity index (χ4n) is 2.71. The molecule has 1 aromatic rings. The maximum atomic E-state index is 13.5. The summed E-state index contributed by atoms with van der Waals surface area (Å²) in [6.07, 6.45) is 2.35. The van der Waals surface area contributed by atoms with Crippen molar-refractivity contribution in [3.63, 3.8) is 0 Å². The van der Waals surface area contributed by atoms with Crippen LogP contribution in [0.5, 0.6) is 0 Å². The average Bonchev–Trinajstić information content (AvgIpc) is 2.50. The van der Waals surface area contributed by atoms with Crippen LogP contribution < -0.4 is 5.32 Å². The molecule has 1 aliphatic rings. The van der Waals surface area contributed by atoms with Gasteiger partial charge in [0.1, 0.15) is 11.6 Å². The van der Waals surface area contributed by atoms with Gasteiger partial charge in [-0.15, -0.1) is 0 Å². The molecule has 1 atom stereocenters. The molecule has 2 amide bonds. The molecule has 1 N–H and O–H groups in total. The third-order valence-electron chi connectivity index (χ3n) is 4.09. The number of halogens is 2. The number of nitrogens with one attached hydrogen (secondary N) is 1. The van der Waals surface area contributed by atoms with E-state index in [9.17, 15) is 13.6 Å². The topological polar surface area (TPSA) is 35.6 Å². The zero-order valence-corrected chi connectivity index (χ0v) is 13.1. The van der Waals surface area contributed by atoms with Crippen molar-refractivity contribution in [2.45, 2.75) is 25.3 Å². The van der Waals surface area contributed by atoms with Crippen LogP contribution in [-0.4, -0.2) is 55.6 Å². The highest BCUT2D eigenvalue weighted by atomic mass is 19.1. The Bertz CT molecular complexity index is 522. The van der Waals surface area contributed by atoms with Crippen molar-refractivity contribution in [1.82, 2.24) is 15.1 Å². The van der Waals surface area contributed by atoms with E-state index in [1.165, 1.54) is 6.07 Å². The smallest absolute Gasteiger partial charge is 0.317 e. The van der Waals surface area contributed by atoms with Crippen LogP contribution in [0.2, 0.25) is 0 Å². The minimum atomic E-state index is -0.465. The fraction of sp³-hybridized carbons (Fsp3) is 0.562. The first-order valence-electron chi connectivity index (χ1n) is 7.60. The summed E-state index contributed by atoms with van der Waals surface area (Å²) in [7, 11) is 4.03. The highest BCUT2D eigenvalue weighted by Crippen LogP contribution is 2.14. The third kappa shape index (κ3) is 4.40. The Hall–Kier alpha value is -1.69. The van der Waals surface area contributed by atoms with Crippen LogP contribution in [0.3, 0.4) is 0 Å². The maximum absolute atomic E-state index is 13.5. The quantitative estimate of drug-likeness (QED) is 0.926. The van der Waals surface area contributed by atoms with Crippen molar-refractivity contribution in [2.24, 2.45) is 0 Å². The lowest BCUT2D eigenvalue weighted by atomic mass is 10.1. The van der Waals surface area contributed by atoms with Gasteiger partial charge >= 0.3 is 6.03 Å². The first-order valence-corrected chi connectivity index (χ1v) is 7.60. The molecule has 0 aliphatic carbocycles. The van der Waals surface area contributed by atoms with E-state index in [-0.39, 0.29) is 18.0 Å². The molecule has 0 bridgehead atoms. The molecule has 1 aliphatic heterocycles. The number of rotatable bonds is 4. The van der Waals surface area contributed by atoms with E-state index in [1.54, 1.807) is 4.90 Å². The second-order valence-electron chi connectivity index (χ2n) is 5.92. The third-order valence-corrected chi connectivity index (χ3v) is 4.09. The highest BCUT2D eigenvalue weighted by molar-refractivity contribution is 5.74. The van der Waals surface area contributed by atoms with Crippen LogP contribution in [-0.2, 0) is 6.42 Å². The van der Waals surface area contributed by atoms with E-state index in [2.05, 4.69) is 10.2 Å². The summed E-state index contributed by atoms with van der Waals surface area (Å²) in [5, 5.41) is 2.79. The second kappa shape index (κ2) is 7.54. The standard InChI is InChI=1S/C16H23F2N3O/c1-20(2)14-4-3-9-21(11-14)16(22)19-8-7-12-10-13(17)5-6-15(12)18/h5-6,10,14H,3-4,7-9,11H2,1-2H3,(H,19,22). The summed E-state index contributed by atoms with van der Waals surface area (Å²) >= 11 is 0. The average molecular weight is 311 g/mol. The molecule has 1 aromatic carbocycles. The minimum Gasteiger partial charge on any atom is -0.338 e. The van der Waals surface area contributed by atoms with Crippen molar-refractivity contribution in [1.29, 1.82) is 0 Å². The number of benzene rings is 1. The van der Waals surface area contributed by atoms with E-state index in [0.717, 1.165) is 31.5 Å². The van der Waals surface area contributed by atoms with Crippen molar-refractivity contribution in [3.05, 3.63) is 35.4 Å². The summed E-state index contributed by atoms with van der Waals surface area (Å²) < 4.78 is 26.6. The molecule has 0 aromatic heterocycles. The van der Waals surface area contributed by atoms with Crippen LogP contribution in [0.4, 0.5) is 13.6 Å². The number of carbonyl (C=O) groups is 1. The highest BCUT2D eigenvalue weighted by Gasteiger charge is 2.24. The lowest BCUT2D eigenvalue weighted by Gasteiger charge is -2.36. The number of hydrogen-bond donors (Lipinski definition) is 1. The predicted molar refractivity (Wildman–Crippen MR) is 81.7 cm³/mol. The monoisotopic (exact) mass is 311 g/mol. The SMILES string of the molecule is CN(C)C1CCCN(C(=O)NCCc2cc(F)ccc2F)C1. The van der Waals surface area contributed by atoms with E-state index >= 15 is 0 Å². The van der Waals surface area contributed by atoms with Gasteiger partial charge in [0.05, 0.1) is 0 Å². The molecule has 1 saturated heterocycles. The summed E-state index contributed by atoms with van der Waals surface area (Å²) in [6.45, 7) is 1.74. The van der Waals surface area contributed by atoms with Crippen LogP contribution in [0.15, 0.2) is 18.2 Å². The Kier molecular flexibility index (Phi) is 5.71. The summed E-state index contributed by atoms with van der Waals surface area (Å²) in [5.41, 5.74) is 0.283. The van der Waals surface area contributed by atoms with E-state index in [4.69, 9.17) is 0 Å². The number of nitrogens with zero attached hydrogens (tertiary/aromatic N) is 2. The molecule has 0 spiro atoms. The van der Waals surface area contributed by atoms with Gasteiger partial charge < -0.3 is 15.1 Å². The van der Waals surface area contributed by atoms with Crippen molar-refractivity contribution >= 4 is 6.03 Å². The number of hydrogen-bond acceptors (Lipinski definition) is 2. The maximum Gasteiger partial charge on any atom is 0.317 e. The van der Waals surface area contributed by atoms with Gasteiger partial charge in [-0.2, -0.15) is 0 Å². The molecule has 1 heterocycles. The van der Waals surface area contributed by atoms with Crippen LogP contribution in [0.25, 0.3) is 0 Å². The minimum absolute atomic E-state index is 0.136. The van der Waals surface area contributed by atoms with Crippen molar-refractivity contribution in [3.8, 4) is 0 Å². The summed E-state index contributed by atoms with van der Waals surface area (Å²) in [6, 6.07) is 3.61. The van der Waals surface area contributed by atoms with Gasteiger partial charge in [0, 0.05) is 25.7 Å². The van der Waals surface area contributed by atoms with E-state index < -0.39 is 11.6 Å². The largest absolute Gasteiger partial charge is 0.338 e. The Morgan fingerprint density at radius 1 is 1.41 bits per heavy atom. The van der Waals surface area contributed by atoms with Gasteiger partial charge in [-0.1, -0.05) is 0 Å². The van der Waals surface area contributed by atoms with Gasteiger partial charge in [0.2, 0.25) is 0 Å². The lowest BCUT2D eigenvalue weighted by Crippen LogP contribution is -2.51. The van der Waals surface area contributed by atoms with Gasteiger partial charge in [0.15, 0.2) is 0 Å². The van der Waals surface area contributed by atoms with Gasteiger partial charge in [-0.05, 0) is 57.1 Å². The number of amides is 2. The summed E-state index contributed by atoms with van der Waals surface area (Å²) in [5.74, 6) is -0.908. The van der Waals surface area contributed by atoms with Crippen molar-refractivity contribution < 1.29 is 13.6 Å². The lowest BCUT2D eigenvalue weighted by molar-refractivity contribution is 0.140. The zero-order valence-electron chi connectivity index (χ0n) is 13.1. The first-order chi connectivity index (χ1) is 10.5. The van der Waals surface area contributed by atoms with Gasteiger partial charge in [-0.25, -0.2) is 13.6 Å². The summed E-state index contributed by atoms with van der Waals surface area (Å²) in [4.78, 5) is 16.1. The number of likely N-dealkylation sites (N-methyl/N-ethyl adjacent to an activating group) is 1. The molecular weight excluding hydrogens is 288 g/mol. The molecule has 1 unspecified atom stereocenters. The normalized spacial score (nSPS) is 18.6. The molecule has 0 radical (unpaired) electrons. The molecule has 6 heteroatoms. The fourth-order valence-corrected chi connectivity index (χ4v) is 2.71. The van der Waals surface area contributed by atoms with Crippen molar-refractivity contribution in [2.75, 3.05) is 33.7 Å². The molecule has 122 valence electrons. The van der Waals surface area contributed by atoms with E-state index in [0.29, 0.717) is 19.1 Å². The number of carbonyl (C=O) groups excluding carboxylic acids is 1. The first kappa shape index (κ1) is 16.7. The number of piperidine rings is 1. The molecule has 22 heavy (non-hydrogen) atoms. The van der Waals surface area contributed by atoms with E-state index in [1.807, 2.05) is 14.1 Å². The molecule has 2 rings (SSSR count). The predicted octanol–water partition coefficient (Wildman–Crippen LogP) is 2.24. The molecular formula is C16H23F2N3O. The Morgan fingerprint density at radius 2 is 2.18 bits per heavy atom. The molecule has 1 fully saturated rings. The molecule has 4 nitrogen and oxygen atoms in total. The number of urea groups is 1. The molecule has 0 saturated carbocycles. The van der Waals surface area contributed by atoms with Gasteiger partial charge in [-0.3, -0.25) is 0 Å². The van der Waals surface area contributed by atoms with Crippen LogP contribution in [0.1, 0.15) is 18.4 Å². The Balaban J connectivity index is 1.81. The second-order valence-corrected chi connectivity index (χ2v) is 5.92. The Morgan fingerprint density at radius 3 is 2.91 bits per heavy atom. The zero-order chi connectivity index (χ0) is 16.1. The number of likely N-dealkylation sites (tertiary alicyclic amines) is 1. The Labute approximate surface area is 130 Å². The van der Waals surface area contributed by atoms with Crippen LogP contribution in [0, 0.1) is 11.6 Å².